The smallest absolute Gasteiger partial charge is 0.324 e. The van der Waals surface area contributed by atoms with Crippen LogP contribution in [0.1, 0.15) is 31.2 Å². The van der Waals surface area contributed by atoms with Crippen molar-refractivity contribution in [2.24, 2.45) is 17.8 Å². The number of hydrogen-bond acceptors (Lipinski definition) is 4. The molecule has 6 nitrogen and oxygen atoms in total. The number of nitrogens with zero attached hydrogens (tertiary/aromatic N) is 1. The third kappa shape index (κ3) is 2.68. The molecule has 0 amide bonds. The van der Waals surface area contributed by atoms with Gasteiger partial charge in [0, 0.05) is 31.2 Å². The van der Waals surface area contributed by atoms with Gasteiger partial charge in [-0.3, -0.25) is 14.9 Å². The van der Waals surface area contributed by atoms with Crippen molar-refractivity contribution in [1.82, 2.24) is 5.32 Å². The van der Waals surface area contributed by atoms with Crippen LogP contribution in [0.25, 0.3) is 0 Å². The van der Waals surface area contributed by atoms with Crippen LogP contribution in [0.2, 0.25) is 0 Å². The van der Waals surface area contributed by atoms with E-state index >= 15 is 0 Å². The van der Waals surface area contributed by atoms with Crippen LogP contribution in [-0.2, 0) is 16.1 Å². The molecule has 2 aliphatic carbocycles. The molecule has 6 heteroatoms. The molecule has 1 heterocycles. The van der Waals surface area contributed by atoms with Crippen LogP contribution < -0.4 is 10.2 Å². The van der Waals surface area contributed by atoms with Gasteiger partial charge in [0.25, 0.3) is 0 Å². The monoisotopic (exact) mass is 344 g/mol. The van der Waals surface area contributed by atoms with Crippen LogP contribution in [0.3, 0.4) is 0 Å². The maximum atomic E-state index is 11.9. The number of benzene rings is 1. The van der Waals surface area contributed by atoms with Crippen LogP contribution >= 0.6 is 0 Å². The summed E-state index contributed by atoms with van der Waals surface area (Å²) in [4.78, 5) is 25.6. The van der Waals surface area contributed by atoms with Gasteiger partial charge in [0.15, 0.2) is 0 Å². The minimum absolute atomic E-state index is 0.0126. The molecule has 1 aromatic carbocycles. The summed E-state index contributed by atoms with van der Waals surface area (Å²) in [6.45, 7) is 2.64. The molecule has 3 N–H and O–H groups in total. The number of anilines is 1. The average molecular weight is 344 g/mol. The standard InChI is InChI=1S/C19H24N2O4/c22-17(23)15-14-7-8-19(16(14)15,18(24)25)20-11-12-3-5-13(6-4-12)21-9-1-2-10-21/h3-6,14-16,20H,1-2,7-11H2,(H,22,23)(H,24,25). The lowest BCUT2D eigenvalue weighted by Gasteiger charge is -2.29. The number of carboxylic acid groups (broad SMARTS) is 2. The Morgan fingerprint density at radius 1 is 1.16 bits per heavy atom. The Hall–Kier alpha value is -2.08. The summed E-state index contributed by atoms with van der Waals surface area (Å²) in [6.07, 6.45) is 3.65. The van der Waals surface area contributed by atoms with Crippen molar-refractivity contribution in [3.63, 3.8) is 0 Å². The highest BCUT2D eigenvalue weighted by atomic mass is 16.4. The molecule has 4 rings (SSSR count). The molecule has 1 aliphatic heterocycles. The third-order valence-corrected chi connectivity index (χ3v) is 6.29. The van der Waals surface area contributed by atoms with Crippen LogP contribution in [0, 0.1) is 17.8 Å². The summed E-state index contributed by atoms with van der Waals surface area (Å²) in [5.41, 5.74) is 1.14. The van der Waals surface area contributed by atoms with E-state index in [0.29, 0.717) is 19.4 Å². The van der Waals surface area contributed by atoms with Crippen molar-refractivity contribution in [1.29, 1.82) is 0 Å². The molecule has 134 valence electrons. The van der Waals surface area contributed by atoms with Gasteiger partial charge < -0.3 is 15.1 Å². The average Bonchev–Trinajstić information content (AvgIpc) is 2.96. The maximum Gasteiger partial charge on any atom is 0.324 e. The highest BCUT2D eigenvalue weighted by Crippen LogP contribution is 2.62. The Morgan fingerprint density at radius 2 is 1.84 bits per heavy atom. The first-order valence-electron chi connectivity index (χ1n) is 9.08. The van der Waals surface area contributed by atoms with Crippen LogP contribution in [0.15, 0.2) is 24.3 Å². The number of aliphatic carboxylic acids is 2. The number of hydrogen-bond donors (Lipinski definition) is 3. The minimum Gasteiger partial charge on any atom is -0.481 e. The van der Waals surface area contributed by atoms with Crippen molar-refractivity contribution in [3.05, 3.63) is 29.8 Å². The highest BCUT2D eigenvalue weighted by Gasteiger charge is 2.71. The zero-order chi connectivity index (χ0) is 17.6. The fourth-order valence-electron chi connectivity index (χ4n) is 4.89. The first kappa shape index (κ1) is 16.4. The zero-order valence-corrected chi connectivity index (χ0v) is 14.1. The van der Waals surface area contributed by atoms with Gasteiger partial charge in [0.05, 0.1) is 5.92 Å². The Balaban J connectivity index is 1.44. The van der Waals surface area contributed by atoms with E-state index in [1.807, 2.05) is 12.1 Å². The Bertz CT molecular complexity index is 683. The van der Waals surface area contributed by atoms with E-state index in [4.69, 9.17) is 0 Å². The molecular weight excluding hydrogens is 320 g/mol. The second-order valence-electron chi connectivity index (χ2n) is 7.58. The first-order chi connectivity index (χ1) is 12.0. The summed E-state index contributed by atoms with van der Waals surface area (Å²) in [5, 5.41) is 22.2. The second-order valence-corrected chi connectivity index (χ2v) is 7.58. The van der Waals surface area contributed by atoms with Gasteiger partial charge in [-0.1, -0.05) is 12.1 Å². The van der Waals surface area contributed by atoms with E-state index in [1.54, 1.807) is 0 Å². The summed E-state index contributed by atoms with van der Waals surface area (Å²) in [6, 6.07) is 8.24. The Morgan fingerprint density at radius 3 is 2.40 bits per heavy atom. The van der Waals surface area contributed by atoms with Crippen molar-refractivity contribution in [2.45, 2.75) is 37.8 Å². The van der Waals surface area contributed by atoms with Crippen LogP contribution in [0.4, 0.5) is 5.69 Å². The molecular formula is C19H24N2O4. The number of carbonyl (C=O) groups is 2. The first-order valence-corrected chi connectivity index (χ1v) is 9.08. The molecule has 1 aromatic rings. The number of fused-ring (bicyclic) bond motifs is 1. The van der Waals surface area contributed by atoms with Crippen molar-refractivity contribution in [2.75, 3.05) is 18.0 Å². The normalized spacial score (nSPS) is 33.3. The van der Waals surface area contributed by atoms with Gasteiger partial charge in [-0.2, -0.15) is 0 Å². The van der Waals surface area contributed by atoms with Gasteiger partial charge >= 0.3 is 11.9 Å². The molecule has 0 spiro atoms. The van der Waals surface area contributed by atoms with Crippen LogP contribution in [-0.4, -0.2) is 40.8 Å². The van der Waals surface area contributed by atoms with Crippen molar-refractivity contribution >= 4 is 17.6 Å². The second kappa shape index (κ2) is 6.02. The largest absolute Gasteiger partial charge is 0.481 e. The van der Waals surface area contributed by atoms with Gasteiger partial charge in [0.2, 0.25) is 0 Å². The summed E-state index contributed by atoms with van der Waals surface area (Å²) < 4.78 is 0. The molecule has 0 bridgehead atoms. The number of carboxylic acids is 2. The molecule has 0 radical (unpaired) electrons. The molecule has 4 atom stereocenters. The lowest BCUT2D eigenvalue weighted by atomic mass is 9.90. The molecule has 2 saturated carbocycles. The highest BCUT2D eigenvalue weighted by molar-refractivity contribution is 5.85. The fourth-order valence-corrected chi connectivity index (χ4v) is 4.89. The van der Waals surface area contributed by atoms with E-state index < -0.39 is 23.4 Å². The van der Waals surface area contributed by atoms with E-state index in [9.17, 15) is 19.8 Å². The van der Waals surface area contributed by atoms with Crippen molar-refractivity contribution < 1.29 is 19.8 Å². The SMILES string of the molecule is O=C(O)C1C2CCC(NCc3ccc(N4CCCC4)cc3)(C(=O)O)C21. The van der Waals surface area contributed by atoms with Crippen LogP contribution in [0.5, 0.6) is 0 Å². The predicted octanol–water partition coefficient (Wildman–Crippen LogP) is 1.94. The molecule has 1 saturated heterocycles. The lowest BCUT2D eigenvalue weighted by molar-refractivity contribution is -0.147. The topological polar surface area (TPSA) is 89.9 Å². The Kier molecular flexibility index (Phi) is 3.95. The zero-order valence-electron chi connectivity index (χ0n) is 14.1. The molecule has 25 heavy (non-hydrogen) atoms. The third-order valence-electron chi connectivity index (χ3n) is 6.29. The quantitative estimate of drug-likeness (QED) is 0.731. The fraction of sp³-hybridized carbons (Fsp3) is 0.579. The Labute approximate surface area is 146 Å². The van der Waals surface area contributed by atoms with Gasteiger partial charge in [-0.15, -0.1) is 0 Å². The van der Waals surface area contributed by atoms with Crippen molar-refractivity contribution in [3.8, 4) is 0 Å². The summed E-state index contributed by atoms with van der Waals surface area (Å²) in [5.74, 6) is -2.56. The lowest BCUT2D eigenvalue weighted by Crippen LogP contribution is -2.53. The summed E-state index contributed by atoms with van der Waals surface area (Å²) >= 11 is 0. The van der Waals surface area contributed by atoms with E-state index in [0.717, 1.165) is 18.7 Å². The van der Waals surface area contributed by atoms with E-state index in [2.05, 4.69) is 22.3 Å². The van der Waals surface area contributed by atoms with E-state index in [1.165, 1.54) is 18.5 Å². The number of nitrogens with one attached hydrogen (secondary N) is 1. The molecule has 3 aliphatic rings. The molecule has 4 unspecified atom stereocenters. The minimum atomic E-state index is -1.10. The molecule has 3 fully saturated rings. The summed E-state index contributed by atoms with van der Waals surface area (Å²) in [7, 11) is 0. The maximum absolute atomic E-state index is 11.9. The van der Waals surface area contributed by atoms with Gasteiger partial charge in [-0.25, -0.2) is 0 Å². The molecule has 0 aromatic heterocycles. The number of rotatable bonds is 6. The van der Waals surface area contributed by atoms with Gasteiger partial charge in [-0.05, 0) is 49.3 Å². The van der Waals surface area contributed by atoms with Gasteiger partial charge in [0.1, 0.15) is 5.54 Å². The predicted molar refractivity (Wildman–Crippen MR) is 92.4 cm³/mol. The van der Waals surface area contributed by atoms with E-state index in [-0.39, 0.29) is 11.8 Å².